The second-order valence-corrected chi connectivity index (χ2v) is 8.00. The molecule has 17 heteroatoms. The van der Waals surface area contributed by atoms with Crippen LogP contribution in [0.15, 0.2) is 35.3 Å². The minimum atomic E-state index is -1.31. The summed E-state index contributed by atoms with van der Waals surface area (Å²) < 4.78 is 0. The summed E-state index contributed by atoms with van der Waals surface area (Å²) in [7, 11) is 0. The van der Waals surface area contributed by atoms with E-state index < -0.39 is 41.4 Å². The number of rotatable bonds is 12. The third-order valence-corrected chi connectivity index (χ3v) is 4.91. The highest BCUT2D eigenvalue weighted by Crippen LogP contribution is 2.12. The van der Waals surface area contributed by atoms with Gasteiger partial charge in [0.1, 0.15) is 6.04 Å². The number of aliphatic carboxylic acids is 4. The van der Waals surface area contributed by atoms with E-state index in [1.165, 1.54) is 18.3 Å². The Balaban J connectivity index is 0.000000611. The molecule has 0 aliphatic heterocycles. The summed E-state index contributed by atoms with van der Waals surface area (Å²) in [6.07, 6.45) is 0.248. The standard InChI is InChI=1S/C19H19N7O6.C4H6O4/c20-19-25-15-14(17(30)26-19)23-11(8-22-15)7-21-10-3-1-9(2-4-10)16(29)24-12(18(31)32)5-6-13(27)28;5-3(6)1-2-4(7)8/h1-4,8,12,21H,5-7H2,(H,24,29)(H,27,28)(H,31,32)(H3,20,22,25,26,30);1-2H2,(H,5,6)(H,7,8). The number of carboxylic acids is 4. The number of hydrogen-bond acceptors (Lipinski definition) is 11. The molecule has 0 spiro atoms. The number of fused-ring (bicyclic) bond motifs is 1. The molecule has 1 atom stereocenters. The smallest absolute Gasteiger partial charge is 0.326 e. The first-order chi connectivity index (χ1) is 18.8. The van der Waals surface area contributed by atoms with Gasteiger partial charge in [0.2, 0.25) is 5.95 Å². The topological polar surface area (TPSA) is 288 Å². The van der Waals surface area contributed by atoms with Crippen molar-refractivity contribution in [3.63, 3.8) is 0 Å². The van der Waals surface area contributed by atoms with Gasteiger partial charge in [0.05, 0.1) is 31.3 Å². The number of anilines is 2. The number of nitrogen functional groups attached to an aromatic ring is 1. The summed E-state index contributed by atoms with van der Waals surface area (Å²) in [6.45, 7) is 0.231. The first-order valence-corrected chi connectivity index (χ1v) is 11.4. The average Bonchev–Trinajstić information content (AvgIpc) is 2.89. The molecule has 9 N–H and O–H groups in total. The van der Waals surface area contributed by atoms with Gasteiger partial charge in [-0.3, -0.25) is 29.0 Å². The molecule has 2 heterocycles. The van der Waals surface area contributed by atoms with Crippen molar-refractivity contribution in [2.24, 2.45) is 0 Å². The Kier molecular flexibility index (Phi) is 11.0. The molecular formula is C23H25N7O10. The summed E-state index contributed by atoms with van der Waals surface area (Å²) in [6, 6.07) is 4.86. The SMILES string of the molecule is Nc1nc2ncc(CNc3ccc(C(=O)NC(CCC(=O)O)C(=O)O)cc3)nc2c(=O)[nH]1.O=C(O)CCC(=O)O. The number of nitrogens with one attached hydrogen (secondary N) is 3. The highest BCUT2D eigenvalue weighted by Gasteiger charge is 2.21. The highest BCUT2D eigenvalue weighted by atomic mass is 16.4. The van der Waals surface area contributed by atoms with Crippen LogP contribution >= 0.6 is 0 Å². The number of carboxylic acid groups (broad SMARTS) is 4. The molecule has 2 aromatic heterocycles. The Bertz CT molecular complexity index is 1440. The van der Waals surface area contributed by atoms with E-state index in [1.807, 2.05) is 0 Å². The molecule has 0 aliphatic rings. The van der Waals surface area contributed by atoms with Crippen LogP contribution in [0, 0.1) is 0 Å². The number of nitrogens with two attached hydrogens (primary N) is 1. The maximum absolute atomic E-state index is 12.3. The van der Waals surface area contributed by atoms with Gasteiger partial charge >= 0.3 is 23.9 Å². The van der Waals surface area contributed by atoms with E-state index in [4.69, 9.17) is 26.2 Å². The first kappa shape index (κ1) is 30.6. The van der Waals surface area contributed by atoms with Crippen LogP contribution in [0.1, 0.15) is 41.7 Å². The molecule has 17 nitrogen and oxygen atoms in total. The van der Waals surface area contributed by atoms with Crippen LogP contribution in [0.2, 0.25) is 0 Å². The van der Waals surface area contributed by atoms with Gasteiger partial charge < -0.3 is 36.8 Å². The number of nitrogens with zero attached hydrogens (tertiary/aromatic N) is 3. The fourth-order valence-corrected chi connectivity index (χ4v) is 2.97. The van der Waals surface area contributed by atoms with Gasteiger partial charge in [-0.15, -0.1) is 0 Å². The van der Waals surface area contributed by atoms with Crippen molar-refractivity contribution in [2.75, 3.05) is 11.1 Å². The Morgan fingerprint density at radius 1 is 0.900 bits per heavy atom. The highest BCUT2D eigenvalue weighted by molar-refractivity contribution is 5.97. The molecule has 1 unspecified atom stereocenters. The second kappa shape index (κ2) is 14.4. The van der Waals surface area contributed by atoms with Crippen LogP contribution in [0.5, 0.6) is 0 Å². The Hall–Kier alpha value is -5.61. The Morgan fingerprint density at radius 2 is 1.50 bits per heavy atom. The molecule has 3 rings (SSSR count). The minimum Gasteiger partial charge on any atom is -0.481 e. The van der Waals surface area contributed by atoms with Crippen molar-refractivity contribution < 1.29 is 44.4 Å². The lowest BCUT2D eigenvalue weighted by Crippen LogP contribution is -2.41. The van der Waals surface area contributed by atoms with Crippen molar-refractivity contribution in [3.8, 4) is 0 Å². The zero-order chi connectivity index (χ0) is 29.8. The quantitative estimate of drug-likeness (QED) is 0.144. The molecule has 0 radical (unpaired) electrons. The second-order valence-electron chi connectivity index (χ2n) is 8.00. The lowest BCUT2D eigenvalue weighted by Gasteiger charge is -2.14. The van der Waals surface area contributed by atoms with E-state index in [9.17, 15) is 28.8 Å². The van der Waals surface area contributed by atoms with Crippen molar-refractivity contribution >= 4 is 52.6 Å². The molecule has 40 heavy (non-hydrogen) atoms. The Labute approximate surface area is 224 Å². The van der Waals surface area contributed by atoms with Gasteiger partial charge in [-0.05, 0) is 30.7 Å². The summed E-state index contributed by atoms with van der Waals surface area (Å²) >= 11 is 0. The molecule has 0 aliphatic carbocycles. The number of hydrogen-bond donors (Lipinski definition) is 8. The van der Waals surface area contributed by atoms with Crippen LogP contribution in [0.25, 0.3) is 11.2 Å². The van der Waals surface area contributed by atoms with Gasteiger partial charge in [-0.1, -0.05) is 0 Å². The minimum absolute atomic E-state index is 0.0524. The van der Waals surface area contributed by atoms with Gasteiger partial charge in [-0.2, -0.15) is 4.98 Å². The molecule has 212 valence electrons. The largest absolute Gasteiger partial charge is 0.481 e. The number of carbonyl (C=O) groups excluding carboxylic acids is 1. The molecule has 0 saturated carbocycles. The van der Waals surface area contributed by atoms with E-state index in [2.05, 4.69) is 30.6 Å². The molecular weight excluding hydrogens is 534 g/mol. The first-order valence-electron chi connectivity index (χ1n) is 11.4. The fraction of sp³-hybridized carbons (Fsp3) is 0.261. The van der Waals surface area contributed by atoms with Crippen LogP contribution in [0.3, 0.4) is 0 Å². The van der Waals surface area contributed by atoms with Gasteiger partial charge in [0.15, 0.2) is 11.2 Å². The molecule has 0 bridgehead atoms. The van der Waals surface area contributed by atoms with Crippen LogP contribution < -0.4 is 21.9 Å². The summed E-state index contributed by atoms with van der Waals surface area (Å²) in [5.74, 6) is -5.31. The predicted octanol–water partition coefficient (Wildman–Crippen LogP) is -0.109. The van der Waals surface area contributed by atoms with Crippen molar-refractivity contribution in [3.05, 3.63) is 52.1 Å². The normalized spacial score (nSPS) is 11.0. The molecule has 1 amide bonds. The number of amides is 1. The third-order valence-electron chi connectivity index (χ3n) is 4.91. The number of aromatic nitrogens is 4. The van der Waals surface area contributed by atoms with Gasteiger partial charge in [-0.25, -0.2) is 14.8 Å². The molecule has 1 aromatic carbocycles. The van der Waals surface area contributed by atoms with Gasteiger partial charge in [0.25, 0.3) is 11.5 Å². The fourth-order valence-electron chi connectivity index (χ4n) is 2.97. The van der Waals surface area contributed by atoms with E-state index in [1.54, 1.807) is 12.1 Å². The lowest BCUT2D eigenvalue weighted by atomic mass is 10.1. The molecule has 3 aromatic rings. The number of carbonyl (C=O) groups is 5. The average molecular weight is 559 g/mol. The zero-order valence-electron chi connectivity index (χ0n) is 20.7. The number of H-pyrrole nitrogens is 1. The van der Waals surface area contributed by atoms with Crippen LogP contribution in [-0.2, 0) is 25.7 Å². The third kappa shape index (κ3) is 10.0. The number of benzene rings is 1. The van der Waals surface area contributed by atoms with E-state index >= 15 is 0 Å². The monoisotopic (exact) mass is 559 g/mol. The van der Waals surface area contributed by atoms with E-state index in [0.29, 0.717) is 11.4 Å². The molecule has 0 saturated heterocycles. The lowest BCUT2D eigenvalue weighted by molar-refractivity contribution is -0.143. The van der Waals surface area contributed by atoms with Gasteiger partial charge in [0, 0.05) is 17.7 Å². The van der Waals surface area contributed by atoms with Crippen LogP contribution in [-0.4, -0.2) is 76.2 Å². The van der Waals surface area contributed by atoms with E-state index in [0.717, 1.165) is 0 Å². The predicted molar refractivity (Wildman–Crippen MR) is 136 cm³/mol. The Morgan fingerprint density at radius 3 is 2.05 bits per heavy atom. The van der Waals surface area contributed by atoms with Crippen LogP contribution in [0.4, 0.5) is 11.6 Å². The zero-order valence-corrected chi connectivity index (χ0v) is 20.7. The summed E-state index contributed by atoms with van der Waals surface area (Å²) in [4.78, 5) is 79.8. The summed E-state index contributed by atoms with van der Waals surface area (Å²) in [5.41, 5.74) is 6.47. The van der Waals surface area contributed by atoms with Crippen molar-refractivity contribution in [2.45, 2.75) is 38.3 Å². The van der Waals surface area contributed by atoms with Crippen molar-refractivity contribution in [1.29, 1.82) is 0 Å². The van der Waals surface area contributed by atoms with Crippen molar-refractivity contribution in [1.82, 2.24) is 25.3 Å². The summed E-state index contributed by atoms with van der Waals surface area (Å²) in [5, 5.41) is 39.0. The van der Waals surface area contributed by atoms with E-state index in [-0.39, 0.29) is 54.9 Å². The maximum Gasteiger partial charge on any atom is 0.326 e. The molecule has 0 fully saturated rings. The maximum atomic E-state index is 12.3. The number of aromatic amines is 1.